The number of benzene rings is 2. The van der Waals surface area contributed by atoms with Crippen molar-refractivity contribution in [3.8, 4) is 5.75 Å². The van der Waals surface area contributed by atoms with E-state index in [4.69, 9.17) is 9.47 Å². The van der Waals surface area contributed by atoms with Gasteiger partial charge in [0.15, 0.2) is 5.78 Å². The van der Waals surface area contributed by atoms with Gasteiger partial charge in [-0.3, -0.25) is 4.79 Å². The van der Waals surface area contributed by atoms with Crippen molar-refractivity contribution in [3.63, 3.8) is 0 Å². The van der Waals surface area contributed by atoms with E-state index < -0.39 is 11.9 Å². The van der Waals surface area contributed by atoms with Crippen LogP contribution in [0.2, 0.25) is 0 Å². The molecular weight excluding hydrogens is 421 g/mol. The predicted octanol–water partition coefficient (Wildman–Crippen LogP) is 5.05. The van der Waals surface area contributed by atoms with Crippen LogP contribution in [0.25, 0.3) is 0 Å². The van der Waals surface area contributed by atoms with Gasteiger partial charge >= 0.3 is 5.97 Å². The van der Waals surface area contributed by atoms with Crippen molar-refractivity contribution in [1.29, 1.82) is 0 Å². The summed E-state index contributed by atoms with van der Waals surface area (Å²) in [6, 6.07) is 15.2. The van der Waals surface area contributed by atoms with Gasteiger partial charge in [-0.05, 0) is 48.6 Å². The summed E-state index contributed by atoms with van der Waals surface area (Å²) in [7, 11) is 0. The van der Waals surface area contributed by atoms with Crippen LogP contribution in [-0.4, -0.2) is 25.0 Å². The number of carbonyl (C=O) groups is 2. The van der Waals surface area contributed by atoms with Crippen molar-refractivity contribution >= 4 is 11.8 Å². The Morgan fingerprint density at radius 1 is 1.06 bits per heavy atom. The van der Waals surface area contributed by atoms with Gasteiger partial charge < -0.3 is 14.8 Å². The number of esters is 1. The molecule has 4 rings (SSSR count). The van der Waals surface area contributed by atoms with Crippen LogP contribution in [0.3, 0.4) is 0 Å². The van der Waals surface area contributed by atoms with Gasteiger partial charge in [0.1, 0.15) is 24.8 Å². The molecule has 6 heteroatoms. The first-order valence-electron chi connectivity index (χ1n) is 11.1. The second-order valence-electron chi connectivity index (χ2n) is 9.28. The van der Waals surface area contributed by atoms with Crippen LogP contribution in [0.4, 0.5) is 4.39 Å². The predicted molar refractivity (Wildman–Crippen MR) is 123 cm³/mol. The number of ketones is 1. The van der Waals surface area contributed by atoms with E-state index in [9.17, 15) is 14.0 Å². The summed E-state index contributed by atoms with van der Waals surface area (Å²) in [5, 5.41) is 3.29. The molecule has 2 aliphatic rings. The standard InChI is InChI=1S/C27H28FNO4/c1-17-23(26(31)33-14-13-32-20-7-5-4-6-8-20)24(18-9-11-19(28)12-10-18)25-21(29-17)15-27(2,3)16-22(25)30/h4-12,24,29H,13-16H2,1-3H3/t24-/m0/s1. The number of dihydropyridines is 1. The third kappa shape index (κ3) is 5.00. The first kappa shape index (κ1) is 22.8. The Labute approximate surface area is 193 Å². The minimum atomic E-state index is -0.604. The van der Waals surface area contributed by atoms with E-state index in [-0.39, 0.29) is 30.2 Å². The number of carbonyl (C=O) groups excluding carboxylic acids is 2. The van der Waals surface area contributed by atoms with Gasteiger partial charge in [-0.25, -0.2) is 9.18 Å². The zero-order valence-electron chi connectivity index (χ0n) is 19.1. The Balaban J connectivity index is 1.59. The molecule has 1 aliphatic carbocycles. The van der Waals surface area contributed by atoms with Crippen LogP contribution in [0.15, 0.2) is 77.1 Å². The minimum absolute atomic E-state index is 0.00622. The third-order valence-electron chi connectivity index (χ3n) is 5.99. The average molecular weight is 450 g/mol. The van der Waals surface area contributed by atoms with Gasteiger partial charge in [-0.1, -0.05) is 44.2 Å². The number of hydrogen-bond donors (Lipinski definition) is 1. The normalized spacial score (nSPS) is 19.6. The summed E-state index contributed by atoms with van der Waals surface area (Å²) in [6.07, 6.45) is 1.08. The van der Waals surface area contributed by atoms with Crippen molar-refractivity contribution in [2.75, 3.05) is 13.2 Å². The number of rotatable bonds is 6. The Morgan fingerprint density at radius 2 is 1.76 bits per heavy atom. The van der Waals surface area contributed by atoms with Crippen LogP contribution in [0.1, 0.15) is 45.1 Å². The van der Waals surface area contributed by atoms with Gasteiger partial charge in [-0.2, -0.15) is 0 Å². The molecule has 1 N–H and O–H groups in total. The van der Waals surface area contributed by atoms with Gasteiger partial charge in [-0.15, -0.1) is 0 Å². The monoisotopic (exact) mass is 449 g/mol. The molecule has 0 unspecified atom stereocenters. The van der Waals surface area contributed by atoms with Gasteiger partial charge in [0.2, 0.25) is 0 Å². The lowest BCUT2D eigenvalue weighted by atomic mass is 9.68. The molecule has 5 nitrogen and oxygen atoms in total. The first-order chi connectivity index (χ1) is 15.7. The fourth-order valence-corrected chi connectivity index (χ4v) is 4.58. The largest absolute Gasteiger partial charge is 0.490 e. The Hall–Kier alpha value is -3.41. The summed E-state index contributed by atoms with van der Waals surface area (Å²) in [5.41, 5.74) is 2.91. The molecule has 1 aliphatic heterocycles. The maximum Gasteiger partial charge on any atom is 0.336 e. The molecule has 172 valence electrons. The molecule has 0 saturated carbocycles. The lowest BCUT2D eigenvalue weighted by Crippen LogP contribution is -2.38. The van der Waals surface area contributed by atoms with E-state index in [1.165, 1.54) is 12.1 Å². The first-order valence-corrected chi connectivity index (χ1v) is 11.1. The smallest absolute Gasteiger partial charge is 0.336 e. The summed E-state index contributed by atoms with van der Waals surface area (Å²) in [4.78, 5) is 26.4. The molecule has 1 heterocycles. The number of nitrogens with one attached hydrogen (secondary N) is 1. The summed E-state index contributed by atoms with van der Waals surface area (Å²) in [6.45, 7) is 6.19. The maximum atomic E-state index is 13.6. The fourth-order valence-electron chi connectivity index (χ4n) is 4.58. The third-order valence-corrected chi connectivity index (χ3v) is 5.99. The molecule has 1 atom stereocenters. The van der Waals surface area contributed by atoms with E-state index in [0.29, 0.717) is 41.0 Å². The quantitative estimate of drug-likeness (QED) is 0.494. The number of para-hydroxylation sites is 1. The molecular formula is C27H28FNO4. The molecule has 33 heavy (non-hydrogen) atoms. The Bertz CT molecular complexity index is 1120. The number of halogens is 1. The average Bonchev–Trinajstić information content (AvgIpc) is 2.76. The second kappa shape index (κ2) is 9.22. The van der Waals surface area contributed by atoms with Gasteiger partial charge in [0.05, 0.1) is 5.57 Å². The molecule has 2 aromatic rings. The van der Waals surface area contributed by atoms with E-state index >= 15 is 0 Å². The Morgan fingerprint density at radius 3 is 2.45 bits per heavy atom. The molecule has 2 aromatic carbocycles. The van der Waals surface area contributed by atoms with Crippen LogP contribution >= 0.6 is 0 Å². The van der Waals surface area contributed by atoms with Crippen molar-refractivity contribution in [1.82, 2.24) is 5.32 Å². The SMILES string of the molecule is CC1=C(C(=O)OCCOc2ccccc2)[C@H](c2ccc(F)cc2)C2=C(CC(C)(C)CC2=O)N1. The van der Waals surface area contributed by atoms with E-state index in [2.05, 4.69) is 19.2 Å². The van der Waals surface area contributed by atoms with E-state index in [0.717, 1.165) is 5.70 Å². The van der Waals surface area contributed by atoms with E-state index in [1.54, 1.807) is 12.1 Å². The molecule has 0 saturated heterocycles. The lowest BCUT2D eigenvalue weighted by molar-refractivity contribution is -0.140. The number of allylic oxidation sites excluding steroid dienone is 3. The van der Waals surface area contributed by atoms with Crippen LogP contribution in [0.5, 0.6) is 5.75 Å². The summed E-state index contributed by atoms with van der Waals surface area (Å²) in [5.74, 6) is -0.810. The summed E-state index contributed by atoms with van der Waals surface area (Å²) >= 11 is 0. The number of ether oxygens (including phenoxy) is 2. The van der Waals surface area contributed by atoms with Crippen LogP contribution in [-0.2, 0) is 14.3 Å². The fraction of sp³-hybridized carbons (Fsp3) is 0.333. The molecule has 0 amide bonds. The molecule has 0 fully saturated rings. The molecule has 0 bridgehead atoms. The van der Waals surface area contributed by atoms with Crippen LogP contribution < -0.4 is 10.1 Å². The highest BCUT2D eigenvalue weighted by Crippen LogP contribution is 2.46. The molecule has 0 radical (unpaired) electrons. The van der Waals surface area contributed by atoms with Gasteiger partial charge in [0.25, 0.3) is 0 Å². The lowest BCUT2D eigenvalue weighted by Gasteiger charge is -2.39. The maximum absolute atomic E-state index is 13.6. The Kier molecular flexibility index (Phi) is 6.36. The van der Waals surface area contributed by atoms with Crippen molar-refractivity contribution < 1.29 is 23.5 Å². The minimum Gasteiger partial charge on any atom is -0.490 e. The van der Waals surface area contributed by atoms with Gasteiger partial charge in [0, 0.05) is 29.3 Å². The summed E-state index contributed by atoms with van der Waals surface area (Å²) < 4.78 is 24.8. The number of Topliss-reactive ketones (excluding diaryl/α,β-unsaturated/α-hetero) is 1. The molecule has 0 spiro atoms. The topological polar surface area (TPSA) is 64.6 Å². The van der Waals surface area contributed by atoms with Crippen molar-refractivity contribution in [2.24, 2.45) is 5.41 Å². The highest BCUT2D eigenvalue weighted by molar-refractivity contribution is 6.04. The van der Waals surface area contributed by atoms with E-state index in [1.807, 2.05) is 37.3 Å². The van der Waals surface area contributed by atoms with Crippen molar-refractivity contribution in [2.45, 2.75) is 39.5 Å². The van der Waals surface area contributed by atoms with Crippen LogP contribution in [0, 0.1) is 11.2 Å². The number of hydrogen-bond acceptors (Lipinski definition) is 5. The zero-order chi connectivity index (χ0) is 23.6. The highest BCUT2D eigenvalue weighted by atomic mass is 19.1. The second-order valence-corrected chi connectivity index (χ2v) is 9.28. The molecule has 0 aromatic heterocycles. The highest BCUT2D eigenvalue weighted by Gasteiger charge is 2.43. The zero-order valence-corrected chi connectivity index (χ0v) is 19.1. The van der Waals surface area contributed by atoms with Crippen molar-refractivity contribution in [3.05, 3.63) is 88.5 Å².